The maximum atomic E-state index is 14.0. The van der Waals surface area contributed by atoms with Crippen molar-refractivity contribution < 1.29 is 9.23 Å². The highest BCUT2D eigenvalue weighted by Gasteiger charge is 2.43. The van der Waals surface area contributed by atoms with Crippen molar-refractivity contribution in [2.75, 3.05) is 13.1 Å². The maximum absolute atomic E-state index is 14.0. The number of halogens is 1. The minimum Gasteiger partial charge on any atom is -0.390 e. The van der Waals surface area contributed by atoms with Gasteiger partial charge < -0.3 is 4.84 Å². The van der Waals surface area contributed by atoms with Crippen LogP contribution in [0.2, 0.25) is 0 Å². The van der Waals surface area contributed by atoms with Crippen LogP contribution in [0.5, 0.6) is 0 Å². The van der Waals surface area contributed by atoms with Crippen molar-refractivity contribution in [3.63, 3.8) is 0 Å². The molecule has 0 bridgehead atoms. The molecular weight excluding hydrogens is 281 g/mol. The lowest BCUT2D eigenvalue weighted by atomic mass is 9.94. The Labute approximate surface area is 128 Å². The third-order valence-corrected chi connectivity index (χ3v) is 4.26. The van der Waals surface area contributed by atoms with E-state index in [1.807, 2.05) is 18.3 Å². The van der Waals surface area contributed by atoms with Crippen LogP contribution in [0, 0.1) is 11.7 Å². The largest absolute Gasteiger partial charge is 0.390 e. The fraction of sp³-hybridized carbons (Fsp3) is 0.294. The number of likely N-dealkylation sites (tertiary alicyclic amines) is 1. The number of aromatic nitrogens is 1. The topological polar surface area (TPSA) is 37.7 Å². The molecule has 3 heterocycles. The summed E-state index contributed by atoms with van der Waals surface area (Å²) < 4.78 is 14.0. The summed E-state index contributed by atoms with van der Waals surface area (Å²) in [4.78, 5) is 12.0. The molecule has 0 amide bonds. The lowest BCUT2D eigenvalue weighted by Gasteiger charge is -2.16. The second-order valence-electron chi connectivity index (χ2n) is 5.76. The first-order valence-corrected chi connectivity index (χ1v) is 7.41. The average molecular weight is 297 g/mol. The van der Waals surface area contributed by atoms with Crippen LogP contribution in [0.3, 0.4) is 0 Å². The molecule has 2 aromatic rings. The molecule has 4 nitrogen and oxygen atoms in total. The minimum atomic E-state index is -0.240. The Morgan fingerprint density at radius 3 is 2.91 bits per heavy atom. The Hall–Kier alpha value is -2.27. The Morgan fingerprint density at radius 1 is 1.18 bits per heavy atom. The minimum absolute atomic E-state index is 0.0197. The standard InChI is InChI=1S/C17H16FN3O/c18-15-6-2-1-5-13(15)17-14-10-21(11-16(14)22-20-17)9-12-4-3-7-19-8-12/h1-8,14,16H,9-11H2/t14-,16+/m1/s1. The van der Waals surface area contributed by atoms with Gasteiger partial charge in [-0.2, -0.15) is 0 Å². The highest BCUT2D eigenvalue weighted by molar-refractivity contribution is 6.03. The molecule has 2 aliphatic heterocycles. The molecule has 0 aliphatic carbocycles. The van der Waals surface area contributed by atoms with Gasteiger partial charge in [-0.25, -0.2) is 4.39 Å². The van der Waals surface area contributed by atoms with Crippen molar-refractivity contribution in [3.05, 3.63) is 65.7 Å². The Kier molecular flexibility index (Phi) is 3.35. The van der Waals surface area contributed by atoms with E-state index in [4.69, 9.17) is 4.84 Å². The van der Waals surface area contributed by atoms with E-state index in [-0.39, 0.29) is 17.8 Å². The zero-order valence-corrected chi connectivity index (χ0v) is 12.0. The molecule has 0 N–H and O–H groups in total. The summed E-state index contributed by atoms with van der Waals surface area (Å²) in [6, 6.07) is 10.8. The zero-order valence-electron chi connectivity index (χ0n) is 12.0. The molecule has 2 atom stereocenters. The number of pyridine rings is 1. The molecule has 0 spiro atoms. The van der Waals surface area contributed by atoms with E-state index in [1.165, 1.54) is 11.6 Å². The van der Waals surface area contributed by atoms with Gasteiger partial charge in [0.15, 0.2) is 0 Å². The van der Waals surface area contributed by atoms with Crippen LogP contribution in [0.1, 0.15) is 11.1 Å². The number of hydrogen-bond acceptors (Lipinski definition) is 4. The first-order valence-electron chi connectivity index (χ1n) is 7.41. The predicted molar refractivity (Wildman–Crippen MR) is 80.8 cm³/mol. The van der Waals surface area contributed by atoms with Crippen LogP contribution < -0.4 is 0 Å². The number of nitrogens with zero attached hydrogens (tertiary/aromatic N) is 3. The van der Waals surface area contributed by atoms with Gasteiger partial charge in [-0.1, -0.05) is 29.4 Å². The smallest absolute Gasteiger partial charge is 0.149 e. The number of benzene rings is 1. The first-order chi connectivity index (χ1) is 10.8. The summed E-state index contributed by atoms with van der Waals surface area (Å²) in [6.45, 7) is 2.46. The highest BCUT2D eigenvalue weighted by atomic mass is 19.1. The first kappa shape index (κ1) is 13.4. The Morgan fingerprint density at radius 2 is 2.09 bits per heavy atom. The average Bonchev–Trinajstić information content (AvgIpc) is 3.09. The Balaban J connectivity index is 1.51. The van der Waals surface area contributed by atoms with Gasteiger partial charge in [0.1, 0.15) is 11.9 Å². The third kappa shape index (κ3) is 2.37. The van der Waals surface area contributed by atoms with E-state index >= 15 is 0 Å². The molecular formula is C17H16FN3O. The quantitative estimate of drug-likeness (QED) is 0.873. The highest BCUT2D eigenvalue weighted by Crippen LogP contribution is 2.31. The molecule has 1 aromatic carbocycles. The van der Waals surface area contributed by atoms with Crippen LogP contribution >= 0.6 is 0 Å². The molecule has 4 rings (SSSR count). The van der Waals surface area contributed by atoms with Gasteiger partial charge in [-0.3, -0.25) is 9.88 Å². The lowest BCUT2D eigenvalue weighted by Crippen LogP contribution is -2.23. The van der Waals surface area contributed by atoms with Gasteiger partial charge in [-0.15, -0.1) is 0 Å². The second kappa shape index (κ2) is 5.50. The SMILES string of the molecule is Fc1ccccc1C1=NO[C@H]2CN(Cc3cccnc3)C[C@@H]12. The van der Waals surface area contributed by atoms with Gasteiger partial charge >= 0.3 is 0 Å². The number of hydrogen-bond donors (Lipinski definition) is 0. The van der Waals surface area contributed by atoms with Crippen molar-refractivity contribution in [1.29, 1.82) is 0 Å². The molecule has 1 aromatic heterocycles. The summed E-state index contributed by atoms with van der Waals surface area (Å²) in [5.74, 6) is -0.107. The van der Waals surface area contributed by atoms with E-state index < -0.39 is 0 Å². The van der Waals surface area contributed by atoms with Gasteiger partial charge in [0.05, 0.1) is 11.6 Å². The van der Waals surface area contributed by atoms with Gasteiger partial charge in [0.25, 0.3) is 0 Å². The fourth-order valence-corrected chi connectivity index (χ4v) is 3.21. The van der Waals surface area contributed by atoms with Gasteiger partial charge in [-0.05, 0) is 17.7 Å². The van der Waals surface area contributed by atoms with E-state index in [9.17, 15) is 4.39 Å². The summed E-state index contributed by atoms with van der Waals surface area (Å²) >= 11 is 0. The van der Waals surface area contributed by atoms with Crippen LogP contribution in [-0.2, 0) is 11.4 Å². The summed E-state index contributed by atoms with van der Waals surface area (Å²) in [6.07, 6.45) is 3.67. The molecule has 5 heteroatoms. The van der Waals surface area contributed by atoms with Crippen molar-refractivity contribution in [2.45, 2.75) is 12.6 Å². The molecule has 2 aliphatic rings. The van der Waals surface area contributed by atoms with Crippen molar-refractivity contribution in [2.24, 2.45) is 11.1 Å². The summed E-state index contributed by atoms with van der Waals surface area (Å²) in [7, 11) is 0. The number of rotatable bonds is 3. The zero-order chi connectivity index (χ0) is 14.9. The van der Waals surface area contributed by atoms with Crippen molar-refractivity contribution in [1.82, 2.24) is 9.88 Å². The third-order valence-electron chi connectivity index (χ3n) is 4.26. The summed E-state index contributed by atoms with van der Waals surface area (Å²) in [5.41, 5.74) is 2.46. The molecule has 1 fully saturated rings. The van der Waals surface area contributed by atoms with Gasteiger partial charge in [0.2, 0.25) is 0 Å². The van der Waals surface area contributed by atoms with E-state index in [0.717, 1.165) is 25.3 Å². The van der Waals surface area contributed by atoms with E-state index in [2.05, 4.69) is 21.1 Å². The molecule has 0 saturated carbocycles. The van der Waals surface area contributed by atoms with E-state index in [0.29, 0.717) is 5.56 Å². The molecule has 1 saturated heterocycles. The Bertz CT molecular complexity index is 704. The van der Waals surface area contributed by atoms with Crippen LogP contribution in [0.25, 0.3) is 0 Å². The van der Waals surface area contributed by atoms with E-state index in [1.54, 1.807) is 18.3 Å². The molecule has 22 heavy (non-hydrogen) atoms. The van der Waals surface area contributed by atoms with Crippen LogP contribution in [-0.4, -0.2) is 34.8 Å². The van der Waals surface area contributed by atoms with Crippen LogP contribution in [0.15, 0.2) is 53.9 Å². The molecule has 112 valence electrons. The van der Waals surface area contributed by atoms with Crippen LogP contribution in [0.4, 0.5) is 4.39 Å². The molecule has 0 unspecified atom stereocenters. The monoisotopic (exact) mass is 297 g/mol. The molecule has 0 radical (unpaired) electrons. The van der Waals surface area contributed by atoms with Crippen molar-refractivity contribution in [3.8, 4) is 0 Å². The lowest BCUT2D eigenvalue weighted by molar-refractivity contribution is 0.0745. The number of oxime groups is 1. The summed E-state index contributed by atoms with van der Waals surface area (Å²) in [5, 5.41) is 4.13. The maximum Gasteiger partial charge on any atom is 0.149 e. The normalized spacial score (nSPS) is 24.0. The number of fused-ring (bicyclic) bond motifs is 1. The predicted octanol–water partition coefficient (Wildman–Crippen LogP) is 2.46. The fourth-order valence-electron chi connectivity index (χ4n) is 3.21. The van der Waals surface area contributed by atoms with Crippen molar-refractivity contribution >= 4 is 5.71 Å². The van der Waals surface area contributed by atoms with Gasteiger partial charge in [0, 0.05) is 37.6 Å². The second-order valence-corrected chi connectivity index (χ2v) is 5.76.